The van der Waals surface area contributed by atoms with Crippen molar-refractivity contribution < 1.29 is 17.9 Å². The number of nitrogens with one attached hydrogen (secondary N) is 1. The number of hydrogen-bond acceptors (Lipinski definition) is 5. The summed E-state index contributed by atoms with van der Waals surface area (Å²) in [5.41, 5.74) is 4.05. The Labute approximate surface area is 173 Å². The van der Waals surface area contributed by atoms with Crippen LogP contribution in [0.15, 0.2) is 45.9 Å². The molecule has 1 fully saturated rings. The van der Waals surface area contributed by atoms with Gasteiger partial charge in [-0.1, -0.05) is 24.6 Å². The zero-order chi connectivity index (χ0) is 21.3. The van der Waals surface area contributed by atoms with E-state index in [-0.39, 0.29) is 10.5 Å². The first-order valence-corrected chi connectivity index (χ1v) is 11.4. The Morgan fingerprint density at radius 3 is 2.72 bits per heavy atom. The summed E-state index contributed by atoms with van der Waals surface area (Å²) >= 11 is 0. The molecular weight excluding hydrogens is 390 g/mol. The van der Waals surface area contributed by atoms with E-state index in [2.05, 4.69) is 37.4 Å². The Morgan fingerprint density at radius 2 is 2.03 bits per heavy atom. The molecule has 2 rings (SSSR count). The molecule has 1 atom stereocenters. The van der Waals surface area contributed by atoms with Crippen molar-refractivity contribution in [2.24, 2.45) is 11.0 Å². The van der Waals surface area contributed by atoms with Gasteiger partial charge in [-0.2, -0.15) is 9.41 Å². The van der Waals surface area contributed by atoms with Gasteiger partial charge in [-0.25, -0.2) is 13.8 Å². The molecule has 1 saturated heterocycles. The molecule has 0 radical (unpaired) electrons. The Morgan fingerprint density at radius 1 is 1.31 bits per heavy atom. The topological polar surface area (TPSA) is 88.1 Å². The SMILES string of the molecule is CC(C)=CCC[C@H](C)C/C=N\NC(=O)c1cccc(S(=O)(=O)N2CCOCC2)c1. The summed E-state index contributed by atoms with van der Waals surface area (Å²) in [6.45, 7) is 7.70. The minimum atomic E-state index is -3.64. The maximum absolute atomic E-state index is 12.7. The lowest BCUT2D eigenvalue weighted by molar-refractivity contribution is 0.0730. The second-order valence-corrected chi connectivity index (χ2v) is 9.43. The van der Waals surface area contributed by atoms with Crippen LogP contribution in [0.25, 0.3) is 0 Å². The predicted octanol–water partition coefficient (Wildman–Crippen LogP) is 3.20. The number of sulfonamides is 1. The smallest absolute Gasteiger partial charge is 0.271 e. The van der Waals surface area contributed by atoms with E-state index >= 15 is 0 Å². The Balaban J connectivity index is 1.91. The van der Waals surface area contributed by atoms with Crippen LogP contribution in [0.2, 0.25) is 0 Å². The first-order valence-electron chi connectivity index (χ1n) is 9.94. The van der Waals surface area contributed by atoms with E-state index in [9.17, 15) is 13.2 Å². The van der Waals surface area contributed by atoms with Crippen molar-refractivity contribution in [1.82, 2.24) is 9.73 Å². The molecule has 1 aromatic rings. The minimum Gasteiger partial charge on any atom is -0.379 e. The van der Waals surface area contributed by atoms with Gasteiger partial charge in [0.05, 0.1) is 18.1 Å². The van der Waals surface area contributed by atoms with Gasteiger partial charge in [0.25, 0.3) is 5.91 Å². The van der Waals surface area contributed by atoms with Crippen LogP contribution in [0.3, 0.4) is 0 Å². The zero-order valence-corrected chi connectivity index (χ0v) is 18.2. The maximum Gasteiger partial charge on any atom is 0.271 e. The van der Waals surface area contributed by atoms with E-state index in [0.717, 1.165) is 19.3 Å². The van der Waals surface area contributed by atoms with Gasteiger partial charge in [0.1, 0.15) is 0 Å². The molecule has 0 saturated carbocycles. The van der Waals surface area contributed by atoms with Crippen LogP contribution >= 0.6 is 0 Å². The van der Waals surface area contributed by atoms with E-state index < -0.39 is 15.9 Å². The van der Waals surface area contributed by atoms with Gasteiger partial charge < -0.3 is 4.74 Å². The summed E-state index contributed by atoms with van der Waals surface area (Å²) in [6.07, 6.45) is 6.77. The van der Waals surface area contributed by atoms with Crippen molar-refractivity contribution in [3.8, 4) is 0 Å². The standard InChI is InChI=1S/C21H31N3O4S/c1-17(2)6-4-7-18(3)10-11-22-23-21(25)19-8-5-9-20(16-19)29(26,27)24-12-14-28-15-13-24/h5-6,8-9,11,16,18H,4,7,10,12-15H2,1-3H3,(H,23,25)/b22-11-/t18-/m0/s1. The lowest BCUT2D eigenvalue weighted by Crippen LogP contribution is -2.40. The molecule has 7 nitrogen and oxygen atoms in total. The van der Waals surface area contributed by atoms with Crippen LogP contribution in [-0.4, -0.2) is 51.1 Å². The molecule has 1 aromatic carbocycles. The molecule has 1 amide bonds. The third kappa shape index (κ3) is 7.38. The van der Waals surface area contributed by atoms with E-state index in [1.54, 1.807) is 18.3 Å². The van der Waals surface area contributed by atoms with Gasteiger partial charge in [-0.15, -0.1) is 0 Å². The Kier molecular flexibility index (Phi) is 9.00. The monoisotopic (exact) mass is 421 g/mol. The number of allylic oxidation sites excluding steroid dienone is 2. The summed E-state index contributed by atoms with van der Waals surface area (Å²) in [4.78, 5) is 12.4. The van der Waals surface area contributed by atoms with Crippen molar-refractivity contribution in [1.29, 1.82) is 0 Å². The molecule has 0 aromatic heterocycles. The predicted molar refractivity (Wildman–Crippen MR) is 114 cm³/mol. The number of rotatable bonds is 9. The number of hydrazone groups is 1. The van der Waals surface area contributed by atoms with Gasteiger partial charge in [-0.3, -0.25) is 4.79 Å². The molecule has 0 bridgehead atoms. The average Bonchev–Trinajstić information content (AvgIpc) is 2.71. The van der Waals surface area contributed by atoms with Crippen LogP contribution in [0.5, 0.6) is 0 Å². The van der Waals surface area contributed by atoms with Crippen molar-refractivity contribution in [2.45, 2.75) is 44.9 Å². The first-order chi connectivity index (χ1) is 13.8. The van der Waals surface area contributed by atoms with Crippen molar-refractivity contribution >= 4 is 22.1 Å². The lowest BCUT2D eigenvalue weighted by Gasteiger charge is -2.26. The minimum absolute atomic E-state index is 0.101. The number of benzene rings is 1. The fourth-order valence-corrected chi connectivity index (χ4v) is 4.36. The fraction of sp³-hybridized carbons (Fsp3) is 0.524. The zero-order valence-electron chi connectivity index (χ0n) is 17.4. The number of amides is 1. The first kappa shape index (κ1) is 23.3. The number of carbonyl (C=O) groups is 1. The van der Waals surface area contributed by atoms with Gasteiger partial charge in [0.15, 0.2) is 0 Å². The molecule has 1 aliphatic heterocycles. The van der Waals surface area contributed by atoms with Gasteiger partial charge in [0.2, 0.25) is 10.0 Å². The Bertz CT molecular complexity index is 839. The summed E-state index contributed by atoms with van der Waals surface area (Å²) in [5.74, 6) is 0.0331. The molecule has 1 N–H and O–H groups in total. The molecular formula is C21H31N3O4S. The molecule has 8 heteroatoms. The summed E-state index contributed by atoms with van der Waals surface area (Å²) in [5, 5.41) is 4.00. The second kappa shape index (κ2) is 11.2. The third-order valence-corrected chi connectivity index (χ3v) is 6.58. The number of nitrogens with zero attached hydrogens (tertiary/aromatic N) is 2. The van der Waals surface area contributed by atoms with E-state index in [4.69, 9.17) is 4.74 Å². The van der Waals surface area contributed by atoms with Gasteiger partial charge >= 0.3 is 0 Å². The third-order valence-electron chi connectivity index (χ3n) is 4.68. The van der Waals surface area contributed by atoms with E-state index in [1.165, 1.54) is 22.0 Å². The molecule has 1 aliphatic rings. The molecule has 1 heterocycles. The largest absolute Gasteiger partial charge is 0.379 e. The molecule has 29 heavy (non-hydrogen) atoms. The van der Waals surface area contributed by atoms with Crippen molar-refractivity contribution in [3.05, 3.63) is 41.5 Å². The molecule has 160 valence electrons. The number of hydrogen-bond donors (Lipinski definition) is 1. The highest BCUT2D eigenvalue weighted by Crippen LogP contribution is 2.18. The highest BCUT2D eigenvalue weighted by molar-refractivity contribution is 7.89. The highest BCUT2D eigenvalue weighted by atomic mass is 32.2. The molecule has 0 unspecified atom stereocenters. The molecule has 0 spiro atoms. The quantitative estimate of drug-likeness (QED) is 0.377. The van der Waals surface area contributed by atoms with Crippen LogP contribution in [0, 0.1) is 5.92 Å². The van der Waals surface area contributed by atoms with Crippen LogP contribution < -0.4 is 5.43 Å². The van der Waals surface area contributed by atoms with Crippen LogP contribution in [-0.2, 0) is 14.8 Å². The summed E-state index contributed by atoms with van der Waals surface area (Å²) in [6, 6.07) is 6.03. The fourth-order valence-electron chi connectivity index (χ4n) is 2.91. The normalized spacial score (nSPS) is 16.5. The number of ether oxygens (including phenoxy) is 1. The summed E-state index contributed by atoms with van der Waals surface area (Å²) in [7, 11) is -3.64. The Hall–Kier alpha value is -2.03. The summed E-state index contributed by atoms with van der Waals surface area (Å²) < 4.78 is 32.0. The lowest BCUT2D eigenvalue weighted by atomic mass is 10.0. The second-order valence-electron chi connectivity index (χ2n) is 7.50. The van der Waals surface area contributed by atoms with Crippen molar-refractivity contribution in [3.63, 3.8) is 0 Å². The molecule has 0 aliphatic carbocycles. The van der Waals surface area contributed by atoms with Gasteiger partial charge in [-0.05, 0) is 57.2 Å². The van der Waals surface area contributed by atoms with Gasteiger partial charge in [0, 0.05) is 24.9 Å². The van der Waals surface area contributed by atoms with E-state index in [1.807, 2.05) is 0 Å². The highest BCUT2D eigenvalue weighted by Gasteiger charge is 2.26. The van der Waals surface area contributed by atoms with Crippen LogP contribution in [0.4, 0.5) is 0 Å². The van der Waals surface area contributed by atoms with Crippen molar-refractivity contribution in [2.75, 3.05) is 26.3 Å². The van der Waals surface area contributed by atoms with Crippen LogP contribution in [0.1, 0.15) is 50.4 Å². The number of carbonyl (C=O) groups excluding carboxylic acids is 1. The number of morpholine rings is 1. The maximum atomic E-state index is 12.7. The average molecular weight is 422 g/mol. The van der Waals surface area contributed by atoms with E-state index in [0.29, 0.717) is 32.2 Å².